The van der Waals surface area contributed by atoms with Crippen LogP contribution in [0.15, 0.2) is 22.8 Å². The van der Waals surface area contributed by atoms with E-state index in [2.05, 4.69) is 6.08 Å². The molecule has 1 saturated carbocycles. The molecule has 2 aliphatic carbocycles. The predicted octanol–water partition coefficient (Wildman–Crippen LogP) is 3.95. The number of aldehydes is 1. The van der Waals surface area contributed by atoms with Crippen LogP contribution in [0, 0.1) is 0 Å². The van der Waals surface area contributed by atoms with E-state index in [1.807, 2.05) is 0 Å². The zero-order valence-corrected chi connectivity index (χ0v) is 9.43. The van der Waals surface area contributed by atoms with E-state index in [-0.39, 0.29) is 0 Å². The lowest BCUT2D eigenvalue weighted by Gasteiger charge is -2.09. The first-order valence-electron chi connectivity index (χ1n) is 6.21. The molecule has 1 heteroatoms. The Kier molecular flexibility index (Phi) is 3.76. The number of carbonyl (C=O) groups excluding carboxylic acids is 1. The minimum Gasteiger partial charge on any atom is -0.303 e. The van der Waals surface area contributed by atoms with E-state index in [0.717, 1.165) is 12.7 Å². The van der Waals surface area contributed by atoms with E-state index >= 15 is 0 Å². The molecule has 0 aromatic rings. The van der Waals surface area contributed by atoms with E-state index in [1.54, 1.807) is 11.1 Å². The van der Waals surface area contributed by atoms with E-state index in [4.69, 9.17) is 0 Å². The molecule has 2 rings (SSSR count). The summed E-state index contributed by atoms with van der Waals surface area (Å²) < 4.78 is 0. The second-order valence-corrected chi connectivity index (χ2v) is 4.72. The van der Waals surface area contributed by atoms with Crippen molar-refractivity contribution in [2.45, 2.75) is 57.8 Å². The van der Waals surface area contributed by atoms with Gasteiger partial charge in [-0.2, -0.15) is 0 Å². The van der Waals surface area contributed by atoms with Crippen molar-refractivity contribution in [1.82, 2.24) is 0 Å². The zero-order chi connectivity index (χ0) is 10.5. The molecule has 0 bridgehead atoms. The van der Waals surface area contributed by atoms with Crippen LogP contribution < -0.4 is 0 Å². The molecule has 0 amide bonds. The summed E-state index contributed by atoms with van der Waals surface area (Å²) in [4.78, 5) is 10.7. The van der Waals surface area contributed by atoms with Crippen LogP contribution in [0.25, 0.3) is 0 Å². The summed E-state index contributed by atoms with van der Waals surface area (Å²) in [6, 6.07) is 0. The number of hydrogen-bond acceptors (Lipinski definition) is 1. The van der Waals surface area contributed by atoms with Crippen molar-refractivity contribution in [3.05, 3.63) is 22.8 Å². The van der Waals surface area contributed by atoms with E-state index < -0.39 is 0 Å². The third-order valence-corrected chi connectivity index (χ3v) is 3.61. The van der Waals surface area contributed by atoms with E-state index in [0.29, 0.717) is 6.42 Å². The van der Waals surface area contributed by atoms with Gasteiger partial charge in [-0.3, -0.25) is 0 Å². The van der Waals surface area contributed by atoms with Crippen LogP contribution >= 0.6 is 0 Å². The molecule has 1 nitrogen and oxygen atoms in total. The fraction of sp³-hybridized carbons (Fsp3) is 0.643. The fourth-order valence-corrected chi connectivity index (χ4v) is 2.77. The van der Waals surface area contributed by atoms with Gasteiger partial charge in [-0.25, -0.2) is 0 Å². The van der Waals surface area contributed by atoms with Gasteiger partial charge >= 0.3 is 0 Å². The largest absolute Gasteiger partial charge is 0.303 e. The molecule has 0 radical (unpaired) electrons. The van der Waals surface area contributed by atoms with Gasteiger partial charge in [0.15, 0.2) is 0 Å². The van der Waals surface area contributed by atoms with Crippen molar-refractivity contribution >= 4 is 6.29 Å². The van der Waals surface area contributed by atoms with Crippen LogP contribution in [0.2, 0.25) is 0 Å². The molecule has 0 heterocycles. The highest BCUT2D eigenvalue weighted by Crippen LogP contribution is 2.33. The molecular weight excluding hydrogens is 184 g/mol. The summed E-state index contributed by atoms with van der Waals surface area (Å²) in [5.74, 6) is 0. The lowest BCUT2D eigenvalue weighted by molar-refractivity contribution is -0.107. The SMILES string of the molecule is O=CCC(CC1=CCCC1)=C1CCCC1. The molecule has 0 aromatic heterocycles. The molecular formula is C14H20O. The van der Waals surface area contributed by atoms with Crippen molar-refractivity contribution in [1.29, 1.82) is 0 Å². The van der Waals surface area contributed by atoms with Crippen molar-refractivity contribution in [3.8, 4) is 0 Å². The Morgan fingerprint density at radius 3 is 2.60 bits per heavy atom. The van der Waals surface area contributed by atoms with Crippen LogP contribution in [0.4, 0.5) is 0 Å². The summed E-state index contributed by atoms with van der Waals surface area (Å²) in [5.41, 5.74) is 4.61. The highest BCUT2D eigenvalue weighted by molar-refractivity contribution is 5.55. The van der Waals surface area contributed by atoms with Gasteiger partial charge < -0.3 is 4.79 Å². The molecule has 0 spiro atoms. The monoisotopic (exact) mass is 204 g/mol. The molecule has 0 N–H and O–H groups in total. The Bertz CT molecular complexity index is 288. The van der Waals surface area contributed by atoms with Gasteiger partial charge in [0, 0.05) is 6.42 Å². The van der Waals surface area contributed by atoms with Crippen molar-refractivity contribution in [2.24, 2.45) is 0 Å². The molecule has 0 atom stereocenters. The third kappa shape index (κ3) is 2.80. The molecule has 2 aliphatic rings. The Balaban J connectivity index is 2.04. The van der Waals surface area contributed by atoms with Crippen LogP contribution in [0.1, 0.15) is 57.8 Å². The summed E-state index contributed by atoms with van der Waals surface area (Å²) in [5, 5.41) is 0. The summed E-state index contributed by atoms with van der Waals surface area (Å²) in [6.45, 7) is 0. The van der Waals surface area contributed by atoms with Crippen molar-refractivity contribution in [2.75, 3.05) is 0 Å². The maximum Gasteiger partial charge on any atom is 0.124 e. The van der Waals surface area contributed by atoms with Gasteiger partial charge in [0.05, 0.1) is 0 Å². The van der Waals surface area contributed by atoms with Gasteiger partial charge in [0.25, 0.3) is 0 Å². The van der Waals surface area contributed by atoms with Crippen molar-refractivity contribution < 1.29 is 4.79 Å². The molecule has 0 aliphatic heterocycles. The fourth-order valence-electron chi connectivity index (χ4n) is 2.77. The standard InChI is InChI=1S/C14H20O/c15-10-9-14(13-7-3-4-8-13)11-12-5-1-2-6-12/h5,10H,1-4,6-9,11H2. The minimum absolute atomic E-state index is 0.673. The number of hydrogen-bond donors (Lipinski definition) is 0. The number of carbonyl (C=O) groups is 1. The van der Waals surface area contributed by atoms with Crippen LogP contribution in [0.3, 0.4) is 0 Å². The molecule has 0 saturated heterocycles. The first-order chi connectivity index (χ1) is 7.40. The van der Waals surface area contributed by atoms with Crippen LogP contribution in [-0.2, 0) is 4.79 Å². The van der Waals surface area contributed by atoms with E-state index in [1.165, 1.54) is 50.5 Å². The zero-order valence-electron chi connectivity index (χ0n) is 9.43. The highest BCUT2D eigenvalue weighted by Gasteiger charge is 2.14. The summed E-state index contributed by atoms with van der Waals surface area (Å²) in [6.07, 6.45) is 14.2. The topological polar surface area (TPSA) is 17.1 Å². The molecule has 0 unspecified atom stereocenters. The summed E-state index contributed by atoms with van der Waals surface area (Å²) in [7, 11) is 0. The lowest BCUT2D eigenvalue weighted by Crippen LogP contribution is -1.93. The van der Waals surface area contributed by atoms with Gasteiger partial charge in [-0.1, -0.05) is 22.8 Å². The summed E-state index contributed by atoms with van der Waals surface area (Å²) >= 11 is 0. The predicted molar refractivity (Wildman–Crippen MR) is 62.7 cm³/mol. The van der Waals surface area contributed by atoms with Gasteiger partial charge in [0.2, 0.25) is 0 Å². The molecule has 1 fully saturated rings. The quantitative estimate of drug-likeness (QED) is 0.500. The second kappa shape index (κ2) is 5.29. The van der Waals surface area contributed by atoms with Gasteiger partial charge in [-0.15, -0.1) is 0 Å². The van der Waals surface area contributed by atoms with E-state index in [9.17, 15) is 4.79 Å². The maximum atomic E-state index is 10.7. The minimum atomic E-state index is 0.673. The third-order valence-electron chi connectivity index (χ3n) is 3.61. The Labute approximate surface area is 92.3 Å². The number of allylic oxidation sites excluding steroid dienone is 4. The highest BCUT2D eigenvalue weighted by atomic mass is 16.1. The smallest absolute Gasteiger partial charge is 0.124 e. The first kappa shape index (κ1) is 10.7. The van der Waals surface area contributed by atoms with Gasteiger partial charge in [-0.05, 0) is 51.4 Å². The van der Waals surface area contributed by atoms with Crippen LogP contribution in [0.5, 0.6) is 0 Å². The Morgan fingerprint density at radius 2 is 2.00 bits per heavy atom. The Morgan fingerprint density at radius 1 is 1.20 bits per heavy atom. The Hall–Kier alpha value is -0.850. The maximum absolute atomic E-state index is 10.7. The first-order valence-corrected chi connectivity index (χ1v) is 6.21. The average molecular weight is 204 g/mol. The molecule has 0 aromatic carbocycles. The van der Waals surface area contributed by atoms with Crippen molar-refractivity contribution in [3.63, 3.8) is 0 Å². The second-order valence-electron chi connectivity index (χ2n) is 4.72. The normalized spacial score (nSPS) is 20.5. The molecule has 82 valence electrons. The van der Waals surface area contributed by atoms with Crippen LogP contribution in [-0.4, -0.2) is 6.29 Å². The lowest BCUT2D eigenvalue weighted by atomic mass is 9.96. The number of rotatable bonds is 4. The average Bonchev–Trinajstić information content (AvgIpc) is 2.89. The van der Waals surface area contributed by atoms with Gasteiger partial charge in [0.1, 0.15) is 6.29 Å². The molecule has 15 heavy (non-hydrogen) atoms.